The van der Waals surface area contributed by atoms with Crippen molar-refractivity contribution < 1.29 is 48.3 Å². The monoisotopic (exact) mass is 440 g/mol. The molecule has 1 amide bonds. The molecular formula is C18H30F2N2O8. The van der Waals surface area contributed by atoms with Crippen LogP contribution in [0.15, 0.2) is 0 Å². The van der Waals surface area contributed by atoms with E-state index in [1.165, 1.54) is 20.8 Å². The Kier molecular flexibility index (Phi) is 9.39. The highest BCUT2D eigenvalue weighted by atomic mass is 19.3. The van der Waals surface area contributed by atoms with Crippen LogP contribution in [0, 0.1) is 5.92 Å². The first kappa shape index (κ1) is 26.5. The van der Waals surface area contributed by atoms with Crippen molar-refractivity contribution in [2.24, 2.45) is 11.7 Å². The van der Waals surface area contributed by atoms with Crippen molar-refractivity contribution in [1.82, 2.24) is 5.32 Å². The molecule has 0 bridgehead atoms. The Balaban J connectivity index is 2.75. The van der Waals surface area contributed by atoms with Gasteiger partial charge in [0.15, 0.2) is 11.6 Å². The minimum Gasteiger partial charge on any atom is -0.394 e. The van der Waals surface area contributed by atoms with E-state index in [0.717, 1.165) is 0 Å². The Bertz CT molecular complexity index is 633. The SMILES string of the molecule is CC(=O)[C@H](C)NC(=O)[C@H](C)CC(=O)C(N)CC(F)(F)[C@@H]1O[C@H](CO)[C@H](O)[C@H](O)[C@H]1O. The first-order chi connectivity index (χ1) is 13.7. The molecule has 1 heterocycles. The second kappa shape index (κ2) is 10.6. The third-order valence-electron chi connectivity index (χ3n) is 5.14. The van der Waals surface area contributed by atoms with Crippen molar-refractivity contribution in [3.63, 3.8) is 0 Å². The lowest BCUT2D eigenvalue weighted by atomic mass is 9.88. The number of Topliss-reactive ketones (excluding diaryl/α,β-unsaturated/α-hetero) is 2. The maximum atomic E-state index is 14.6. The summed E-state index contributed by atoms with van der Waals surface area (Å²) in [5.41, 5.74) is 5.57. The number of aliphatic hydroxyl groups is 4. The van der Waals surface area contributed by atoms with E-state index in [1.807, 2.05) is 0 Å². The van der Waals surface area contributed by atoms with Crippen LogP contribution < -0.4 is 11.1 Å². The highest BCUT2D eigenvalue weighted by Gasteiger charge is 2.55. The highest BCUT2D eigenvalue weighted by molar-refractivity contribution is 5.92. The molecule has 8 atom stereocenters. The summed E-state index contributed by atoms with van der Waals surface area (Å²) < 4.78 is 34.1. The summed E-state index contributed by atoms with van der Waals surface area (Å²) >= 11 is 0. The first-order valence-corrected chi connectivity index (χ1v) is 9.50. The van der Waals surface area contributed by atoms with Crippen molar-refractivity contribution in [1.29, 1.82) is 0 Å². The van der Waals surface area contributed by atoms with Crippen molar-refractivity contribution >= 4 is 17.5 Å². The summed E-state index contributed by atoms with van der Waals surface area (Å²) in [5, 5.41) is 40.7. The topological polar surface area (TPSA) is 179 Å². The van der Waals surface area contributed by atoms with Crippen LogP contribution in [-0.4, -0.2) is 93.0 Å². The smallest absolute Gasteiger partial charge is 0.278 e. The largest absolute Gasteiger partial charge is 0.394 e. The number of hydrogen-bond acceptors (Lipinski definition) is 9. The van der Waals surface area contributed by atoms with E-state index >= 15 is 0 Å². The summed E-state index contributed by atoms with van der Waals surface area (Å²) in [6.45, 7) is 3.23. The molecule has 7 N–H and O–H groups in total. The summed E-state index contributed by atoms with van der Waals surface area (Å²) in [6.07, 6.45) is -11.5. The van der Waals surface area contributed by atoms with Gasteiger partial charge >= 0.3 is 0 Å². The second-order valence-corrected chi connectivity index (χ2v) is 7.73. The third-order valence-corrected chi connectivity index (χ3v) is 5.14. The Morgan fingerprint density at radius 2 is 1.70 bits per heavy atom. The number of nitrogens with one attached hydrogen (secondary N) is 1. The maximum absolute atomic E-state index is 14.6. The molecule has 0 spiro atoms. The van der Waals surface area contributed by atoms with E-state index < -0.39 is 85.6 Å². The number of halogens is 2. The molecule has 1 rings (SSSR count). The van der Waals surface area contributed by atoms with Gasteiger partial charge in [-0.05, 0) is 13.8 Å². The Morgan fingerprint density at radius 3 is 2.20 bits per heavy atom. The summed E-state index contributed by atoms with van der Waals surface area (Å²) in [5.74, 6) is -6.57. The number of rotatable bonds is 10. The molecule has 1 fully saturated rings. The van der Waals surface area contributed by atoms with Crippen LogP contribution in [0.25, 0.3) is 0 Å². The van der Waals surface area contributed by atoms with Gasteiger partial charge in [0.05, 0.1) is 18.7 Å². The van der Waals surface area contributed by atoms with Gasteiger partial charge in [-0.25, -0.2) is 8.78 Å². The van der Waals surface area contributed by atoms with Crippen LogP contribution >= 0.6 is 0 Å². The average Bonchev–Trinajstić information content (AvgIpc) is 2.65. The molecule has 1 aliphatic heterocycles. The molecule has 0 aromatic rings. The lowest BCUT2D eigenvalue weighted by Gasteiger charge is -2.43. The summed E-state index contributed by atoms with van der Waals surface area (Å²) in [7, 11) is 0. The van der Waals surface area contributed by atoms with Crippen LogP contribution in [0.3, 0.4) is 0 Å². The molecule has 174 valence electrons. The van der Waals surface area contributed by atoms with Gasteiger partial charge in [0.25, 0.3) is 5.92 Å². The maximum Gasteiger partial charge on any atom is 0.278 e. The van der Waals surface area contributed by atoms with Gasteiger partial charge in [0.2, 0.25) is 5.91 Å². The Labute approximate surface area is 172 Å². The summed E-state index contributed by atoms with van der Waals surface area (Å²) in [6, 6.07) is -2.48. The first-order valence-electron chi connectivity index (χ1n) is 9.50. The molecule has 0 radical (unpaired) electrons. The van der Waals surface area contributed by atoms with E-state index in [0.29, 0.717) is 0 Å². The number of amides is 1. The lowest BCUT2D eigenvalue weighted by molar-refractivity contribution is -0.281. The predicted octanol–water partition coefficient (Wildman–Crippen LogP) is -2.13. The zero-order valence-corrected chi connectivity index (χ0v) is 17.0. The predicted molar refractivity (Wildman–Crippen MR) is 98.4 cm³/mol. The van der Waals surface area contributed by atoms with Crippen molar-refractivity contribution in [2.45, 2.75) is 82.1 Å². The minimum atomic E-state index is -3.89. The van der Waals surface area contributed by atoms with E-state index in [-0.39, 0.29) is 5.78 Å². The Hall–Kier alpha value is -1.57. The fraction of sp³-hybridized carbons (Fsp3) is 0.833. The zero-order valence-electron chi connectivity index (χ0n) is 17.0. The number of alkyl halides is 2. The van der Waals surface area contributed by atoms with E-state index in [1.54, 1.807) is 0 Å². The lowest BCUT2D eigenvalue weighted by Crippen LogP contribution is -2.63. The molecule has 0 saturated carbocycles. The normalized spacial score (nSPS) is 30.3. The van der Waals surface area contributed by atoms with E-state index in [4.69, 9.17) is 15.6 Å². The number of ketones is 2. The number of ether oxygens (including phenoxy) is 1. The quantitative estimate of drug-likeness (QED) is 0.221. The van der Waals surface area contributed by atoms with Gasteiger partial charge in [0, 0.05) is 18.8 Å². The molecule has 10 nitrogen and oxygen atoms in total. The molecule has 1 unspecified atom stereocenters. The molecule has 0 aliphatic carbocycles. The third kappa shape index (κ3) is 6.46. The number of hydrogen-bond donors (Lipinski definition) is 6. The van der Waals surface area contributed by atoms with Crippen molar-refractivity contribution in [3.8, 4) is 0 Å². The van der Waals surface area contributed by atoms with Crippen LogP contribution in [0.5, 0.6) is 0 Å². The molecule has 1 saturated heterocycles. The van der Waals surface area contributed by atoms with Gasteiger partial charge in [-0.3, -0.25) is 14.4 Å². The molecule has 1 aliphatic rings. The Morgan fingerprint density at radius 1 is 1.13 bits per heavy atom. The van der Waals surface area contributed by atoms with Crippen LogP contribution in [0.2, 0.25) is 0 Å². The van der Waals surface area contributed by atoms with Crippen LogP contribution in [0.4, 0.5) is 8.78 Å². The number of carbonyl (C=O) groups excluding carboxylic acids is 3. The van der Waals surface area contributed by atoms with Gasteiger partial charge in [-0.1, -0.05) is 6.92 Å². The molecular weight excluding hydrogens is 410 g/mol. The molecule has 12 heteroatoms. The van der Waals surface area contributed by atoms with Crippen molar-refractivity contribution in [3.05, 3.63) is 0 Å². The van der Waals surface area contributed by atoms with E-state index in [9.17, 15) is 38.5 Å². The fourth-order valence-corrected chi connectivity index (χ4v) is 2.98. The standard InChI is InChI=1S/C18H30F2N2O8/c1-7(17(29)22-8(2)9(3)24)4-11(25)10(21)5-18(19,20)16-15(28)14(27)13(26)12(6-23)30-16/h7-8,10,12-16,23,26-28H,4-6,21H2,1-3H3,(H,22,29)/t7-,8+,10?,12-,13+,14+,15-,16-/m1/s1. The molecule has 0 aromatic carbocycles. The van der Waals surface area contributed by atoms with E-state index in [2.05, 4.69) is 5.32 Å². The minimum absolute atomic E-state index is 0.294. The second-order valence-electron chi connectivity index (χ2n) is 7.73. The molecule has 30 heavy (non-hydrogen) atoms. The summed E-state index contributed by atoms with van der Waals surface area (Å²) in [4.78, 5) is 35.4. The molecule has 0 aromatic heterocycles. The number of nitrogens with two attached hydrogens (primary N) is 1. The van der Waals surface area contributed by atoms with Crippen LogP contribution in [-0.2, 0) is 19.1 Å². The highest BCUT2D eigenvalue weighted by Crippen LogP contribution is 2.35. The fourth-order valence-electron chi connectivity index (χ4n) is 2.98. The van der Waals surface area contributed by atoms with Gasteiger partial charge in [-0.2, -0.15) is 0 Å². The van der Waals surface area contributed by atoms with Crippen LogP contribution in [0.1, 0.15) is 33.6 Å². The number of carbonyl (C=O) groups is 3. The van der Waals surface area contributed by atoms with Gasteiger partial charge in [-0.15, -0.1) is 0 Å². The van der Waals surface area contributed by atoms with Gasteiger partial charge in [0.1, 0.15) is 30.5 Å². The zero-order chi connectivity index (χ0) is 23.4. The van der Waals surface area contributed by atoms with Crippen molar-refractivity contribution in [2.75, 3.05) is 6.61 Å². The van der Waals surface area contributed by atoms with Gasteiger partial charge < -0.3 is 36.2 Å². The number of aliphatic hydroxyl groups excluding tert-OH is 4. The average molecular weight is 440 g/mol.